The molecule has 2 aromatic rings. The van der Waals surface area contributed by atoms with Crippen LogP contribution in [-0.2, 0) is 14.8 Å². The van der Waals surface area contributed by atoms with E-state index in [0.29, 0.717) is 35.2 Å². The van der Waals surface area contributed by atoms with E-state index in [1.165, 1.54) is 16.9 Å². The van der Waals surface area contributed by atoms with Crippen LogP contribution in [-0.4, -0.2) is 51.9 Å². The number of hydrogen-bond donors (Lipinski definition) is 1. The van der Waals surface area contributed by atoms with Crippen LogP contribution in [0.1, 0.15) is 18.4 Å². The van der Waals surface area contributed by atoms with Gasteiger partial charge in [-0.1, -0.05) is 23.7 Å². The van der Waals surface area contributed by atoms with Crippen molar-refractivity contribution in [2.24, 2.45) is 0 Å². The van der Waals surface area contributed by atoms with Crippen molar-refractivity contribution in [3.63, 3.8) is 0 Å². The van der Waals surface area contributed by atoms with Crippen molar-refractivity contribution in [1.29, 1.82) is 0 Å². The highest BCUT2D eigenvalue weighted by Crippen LogP contribution is 2.25. The highest BCUT2D eigenvalue weighted by atomic mass is 35.5. The fraction of sp³-hybridized carbons (Fsp3) is 0.421. The minimum absolute atomic E-state index is 0.0674. The number of thiophene rings is 1. The van der Waals surface area contributed by atoms with Crippen molar-refractivity contribution in [3.8, 4) is 0 Å². The molecule has 0 bridgehead atoms. The van der Waals surface area contributed by atoms with Crippen LogP contribution in [0.2, 0.25) is 5.02 Å². The maximum absolute atomic E-state index is 12.4. The number of piperazine rings is 1. The molecule has 1 amide bonds. The van der Waals surface area contributed by atoms with Crippen LogP contribution in [0.3, 0.4) is 0 Å². The summed E-state index contributed by atoms with van der Waals surface area (Å²) < 4.78 is 27.0. The lowest BCUT2D eigenvalue weighted by atomic mass is 10.1. The molecule has 2 heterocycles. The summed E-state index contributed by atoms with van der Waals surface area (Å²) in [5.74, 6) is 0.0674. The first-order valence-corrected chi connectivity index (χ1v) is 11.9. The number of amides is 1. The van der Waals surface area contributed by atoms with Crippen molar-refractivity contribution >= 4 is 44.6 Å². The first-order valence-electron chi connectivity index (χ1n) is 9.19. The van der Waals surface area contributed by atoms with Crippen LogP contribution in [0, 0.1) is 6.92 Å². The summed E-state index contributed by atoms with van der Waals surface area (Å²) in [4.78, 5) is 16.5. The molecule has 0 aliphatic carbocycles. The molecular weight excluding hydrogens is 418 g/mol. The predicted molar refractivity (Wildman–Crippen MR) is 114 cm³/mol. The molecule has 1 aromatic carbocycles. The Balaban J connectivity index is 1.42. The van der Waals surface area contributed by atoms with E-state index in [-0.39, 0.29) is 12.5 Å². The first-order chi connectivity index (χ1) is 13.4. The van der Waals surface area contributed by atoms with Crippen LogP contribution < -0.4 is 9.62 Å². The molecule has 0 unspecified atom stereocenters. The number of rotatable bonds is 7. The summed E-state index contributed by atoms with van der Waals surface area (Å²) in [7, 11) is -3.46. The number of aryl methyl sites for hydroxylation is 1. The molecule has 6 nitrogen and oxygen atoms in total. The number of benzene rings is 1. The minimum Gasteiger partial charge on any atom is -0.368 e. The van der Waals surface area contributed by atoms with E-state index in [0.717, 1.165) is 18.8 Å². The van der Waals surface area contributed by atoms with Crippen LogP contribution >= 0.6 is 22.9 Å². The zero-order chi connectivity index (χ0) is 20.1. The monoisotopic (exact) mass is 441 g/mol. The number of halogens is 1. The summed E-state index contributed by atoms with van der Waals surface area (Å²) in [6.45, 7) is 5.15. The van der Waals surface area contributed by atoms with Crippen molar-refractivity contribution in [2.45, 2.75) is 24.0 Å². The van der Waals surface area contributed by atoms with Gasteiger partial charge in [0.05, 0.1) is 0 Å². The molecule has 0 saturated carbocycles. The van der Waals surface area contributed by atoms with Gasteiger partial charge in [0.15, 0.2) is 0 Å². The Labute approximate surface area is 175 Å². The van der Waals surface area contributed by atoms with E-state index in [2.05, 4.69) is 16.5 Å². The zero-order valence-electron chi connectivity index (χ0n) is 15.7. The van der Waals surface area contributed by atoms with E-state index in [4.69, 9.17) is 11.6 Å². The number of anilines is 1. The molecule has 1 aromatic heterocycles. The molecule has 1 N–H and O–H groups in total. The highest BCUT2D eigenvalue weighted by molar-refractivity contribution is 7.91. The van der Waals surface area contributed by atoms with Crippen molar-refractivity contribution in [2.75, 3.05) is 37.6 Å². The minimum atomic E-state index is -3.46. The summed E-state index contributed by atoms with van der Waals surface area (Å²) in [5.41, 5.74) is 2.28. The van der Waals surface area contributed by atoms with Gasteiger partial charge in [0.1, 0.15) is 4.21 Å². The third kappa shape index (κ3) is 5.26. The van der Waals surface area contributed by atoms with Gasteiger partial charge in [-0.15, -0.1) is 11.3 Å². The summed E-state index contributed by atoms with van der Waals surface area (Å²) in [5, 5.41) is 2.44. The molecule has 152 valence electrons. The fourth-order valence-corrected chi connectivity index (χ4v) is 5.49. The Hall–Kier alpha value is -1.61. The van der Waals surface area contributed by atoms with Gasteiger partial charge in [-0.25, -0.2) is 13.1 Å². The second-order valence-corrected chi connectivity index (χ2v) is 10.1. The first kappa shape index (κ1) is 21.1. The number of nitrogens with one attached hydrogen (secondary N) is 1. The largest absolute Gasteiger partial charge is 0.368 e. The molecule has 0 spiro atoms. The van der Waals surface area contributed by atoms with Gasteiger partial charge >= 0.3 is 0 Å². The molecule has 0 atom stereocenters. The predicted octanol–water partition coefficient (Wildman–Crippen LogP) is 3.12. The maximum Gasteiger partial charge on any atom is 0.250 e. The smallest absolute Gasteiger partial charge is 0.250 e. The molecule has 9 heteroatoms. The van der Waals surface area contributed by atoms with E-state index in [1.807, 2.05) is 23.1 Å². The Bertz CT molecular complexity index is 909. The maximum atomic E-state index is 12.4. The molecular formula is C19H24ClN3O3S2. The van der Waals surface area contributed by atoms with Crippen LogP contribution in [0.5, 0.6) is 0 Å². The van der Waals surface area contributed by atoms with Gasteiger partial charge in [0, 0.05) is 49.9 Å². The standard InChI is InChI=1S/C19H24ClN3O3S2/c1-15-6-7-16(20)14-17(15)22-9-11-23(12-10-22)18(24)4-2-8-21-28(25,26)19-5-3-13-27-19/h3,5-7,13-14,21H,2,4,8-12H2,1H3. The lowest BCUT2D eigenvalue weighted by molar-refractivity contribution is -0.131. The average molecular weight is 442 g/mol. The second kappa shape index (κ2) is 9.26. The van der Waals surface area contributed by atoms with E-state index < -0.39 is 10.0 Å². The van der Waals surface area contributed by atoms with Crippen molar-refractivity contribution < 1.29 is 13.2 Å². The second-order valence-electron chi connectivity index (χ2n) is 6.73. The molecule has 1 fully saturated rings. The van der Waals surface area contributed by atoms with Gasteiger partial charge in [-0.2, -0.15) is 0 Å². The molecule has 28 heavy (non-hydrogen) atoms. The van der Waals surface area contributed by atoms with Crippen LogP contribution in [0.4, 0.5) is 5.69 Å². The molecule has 1 aliphatic heterocycles. The van der Waals surface area contributed by atoms with Crippen LogP contribution in [0.15, 0.2) is 39.9 Å². The number of carbonyl (C=O) groups excluding carboxylic acids is 1. The highest BCUT2D eigenvalue weighted by Gasteiger charge is 2.22. The fourth-order valence-electron chi connectivity index (χ4n) is 3.21. The lowest BCUT2D eigenvalue weighted by Gasteiger charge is -2.37. The van der Waals surface area contributed by atoms with Crippen molar-refractivity contribution in [3.05, 3.63) is 46.3 Å². The molecule has 1 aliphatic rings. The quantitative estimate of drug-likeness (QED) is 0.670. The number of carbonyl (C=O) groups is 1. The lowest BCUT2D eigenvalue weighted by Crippen LogP contribution is -2.49. The third-order valence-corrected chi connectivity index (χ3v) is 7.86. The Morgan fingerprint density at radius 2 is 1.96 bits per heavy atom. The summed E-state index contributed by atoms with van der Waals surface area (Å²) in [6, 6.07) is 9.12. The molecule has 1 saturated heterocycles. The number of nitrogens with zero attached hydrogens (tertiary/aromatic N) is 2. The summed E-state index contributed by atoms with van der Waals surface area (Å²) in [6.07, 6.45) is 0.820. The van der Waals surface area contributed by atoms with Gasteiger partial charge in [-0.3, -0.25) is 4.79 Å². The van der Waals surface area contributed by atoms with Gasteiger partial charge in [0.25, 0.3) is 0 Å². The zero-order valence-corrected chi connectivity index (χ0v) is 18.1. The van der Waals surface area contributed by atoms with E-state index in [1.54, 1.807) is 17.5 Å². The average Bonchev–Trinajstić information content (AvgIpc) is 3.23. The SMILES string of the molecule is Cc1ccc(Cl)cc1N1CCN(C(=O)CCCNS(=O)(=O)c2cccs2)CC1. The Morgan fingerprint density at radius 1 is 1.21 bits per heavy atom. The normalized spacial score (nSPS) is 15.1. The number of hydrogen-bond acceptors (Lipinski definition) is 5. The number of sulfonamides is 1. The Kier molecular flexibility index (Phi) is 6.98. The Morgan fingerprint density at radius 3 is 2.64 bits per heavy atom. The van der Waals surface area contributed by atoms with Gasteiger partial charge in [0.2, 0.25) is 15.9 Å². The topological polar surface area (TPSA) is 69.7 Å². The van der Waals surface area contributed by atoms with Crippen molar-refractivity contribution in [1.82, 2.24) is 9.62 Å². The van der Waals surface area contributed by atoms with Gasteiger partial charge in [-0.05, 0) is 42.5 Å². The molecule has 3 rings (SSSR count). The van der Waals surface area contributed by atoms with E-state index in [9.17, 15) is 13.2 Å². The summed E-state index contributed by atoms with van der Waals surface area (Å²) >= 11 is 7.29. The molecule has 0 radical (unpaired) electrons. The van der Waals surface area contributed by atoms with E-state index >= 15 is 0 Å². The van der Waals surface area contributed by atoms with Gasteiger partial charge < -0.3 is 9.80 Å². The third-order valence-electron chi connectivity index (χ3n) is 4.76. The van der Waals surface area contributed by atoms with Crippen LogP contribution in [0.25, 0.3) is 0 Å².